The Morgan fingerprint density at radius 2 is 1.80 bits per heavy atom. The number of aromatic nitrogens is 1. The summed E-state index contributed by atoms with van der Waals surface area (Å²) in [7, 11) is 1.34. The molecule has 0 saturated carbocycles. The van der Waals surface area contributed by atoms with Crippen LogP contribution in [0.4, 0.5) is 28.9 Å². The Balaban J connectivity index is 1.48. The largest absolute Gasteiger partial charge is 0.496 e. The summed E-state index contributed by atoms with van der Waals surface area (Å²) in [5.41, 5.74) is -1.73. The number of pyridine rings is 1. The van der Waals surface area contributed by atoms with E-state index in [0.717, 1.165) is 17.4 Å². The number of likely N-dealkylation sites (tertiary alicyclic amines) is 1. The smallest absolute Gasteiger partial charge is 0.419 e. The lowest BCUT2D eigenvalue weighted by molar-refractivity contribution is -0.139. The molecule has 0 bridgehead atoms. The van der Waals surface area contributed by atoms with Gasteiger partial charge in [-0.25, -0.2) is 9.37 Å². The van der Waals surface area contributed by atoms with Crippen LogP contribution >= 0.6 is 22.9 Å². The van der Waals surface area contributed by atoms with Gasteiger partial charge in [0.1, 0.15) is 21.6 Å². The van der Waals surface area contributed by atoms with Gasteiger partial charge < -0.3 is 25.4 Å². The number of fused-ring (bicyclic) bond motifs is 1. The average molecular weight is 651 g/mol. The van der Waals surface area contributed by atoms with Crippen LogP contribution in [0.1, 0.15) is 48.8 Å². The molecule has 5 rings (SSSR count). The zero-order valence-corrected chi connectivity index (χ0v) is 24.4. The van der Waals surface area contributed by atoms with Gasteiger partial charge in [-0.1, -0.05) is 11.6 Å². The number of methoxy groups -OCH3 is 1. The Kier molecular flexibility index (Phi) is 8.77. The van der Waals surface area contributed by atoms with Gasteiger partial charge in [0, 0.05) is 40.6 Å². The summed E-state index contributed by atoms with van der Waals surface area (Å²) >= 11 is 6.92. The molecule has 1 aliphatic rings. The predicted molar refractivity (Wildman–Crippen MR) is 156 cm³/mol. The Labute approximate surface area is 256 Å². The minimum absolute atomic E-state index is 0.0152. The predicted octanol–water partition coefficient (Wildman–Crippen LogP) is 6.22. The number of carbonyl (C=O) groups excluding carboxylic acids is 3. The zero-order chi connectivity index (χ0) is 31.8. The van der Waals surface area contributed by atoms with E-state index in [1.54, 1.807) is 4.90 Å². The van der Waals surface area contributed by atoms with Gasteiger partial charge in [-0.3, -0.25) is 14.4 Å². The highest BCUT2D eigenvalue weighted by Gasteiger charge is 2.34. The fraction of sp³-hybridized carbons (Fsp3) is 0.241. The lowest BCUT2D eigenvalue weighted by Gasteiger charge is -2.29. The van der Waals surface area contributed by atoms with E-state index in [1.807, 2.05) is 0 Å². The van der Waals surface area contributed by atoms with E-state index >= 15 is 0 Å². The zero-order valence-electron chi connectivity index (χ0n) is 22.8. The third kappa shape index (κ3) is 6.47. The van der Waals surface area contributed by atoms with Crippen LogP contribution in [0.25, 0.3) is 10.1 Å². The number of rotatable bonds is 6. The molecule has 0 unspecified atom stereocenters. The molecular weight excluding hydrogens is 628 g/mol. The van der Waals surface area contributed by atoms with Gasteiger partial charge in [0.15, 0.2) is 0 Å². The number of piperidine rings is 1. The molecule has 2 aromatic carbocycles. The molecule has 3 N–H and O–H groups in total. The van der Waals surface area contributed by atoms with Gasteiger partial charge in [0.05, 0.1) is 30.0 Å². The number of carbonyl (C=O) groups is 3. The number of amides is 3. The SMILES string of the molecule is COc1ccc(C(=O)N2CCC(O)CC2)cc1C(=O)Nc1c(C(=O)Nc2ccc(F)c(C(F)(F)F)c2)sc2cc(Cl)ncc12. The Hall–Kier alpha value is -4.27. The number of aliphatic hydroxyl groups excluding tert-OH is 1. The number of nitrogens with one attached hydrogen (secondary N) is 2. The first kappa shape index (κ1) is 31.2. The van der Waals surface area contributed by atoms with Crippen LogP contribution in [0.15, 0.2) is 48.7 Å². The van der Waals surface area contributed by atoms with Crippen molar-refractivity contribution in [1.82, 2.24) is 9.88 Å². The Bertz CT molecular complexity index is 1770. The summed E-state index contributed by atoms with van der Waals surface area (Å²) < 4.78 is 59.3. The van der Waals surface area contributed by atoms with Gasteiger partial charge in [0.2, 0.25) is 0 Å². The second kappa shape index (κ2) is 12.4. The van der Waals surface area contributed by atoms with Crippen molar-refractivity contribution in [2.75, 3.05) is 30.8 Å². The van der Waals surface area contributed by atoms with Gasteiger partial charge in [-0.15, -0.1) is 11.3 Å². The summed E-state index contributed by atoms with van der Waals surface area (Å²) in [5.74, 6) is -3.36. The van der Waals surface area contributed by atoms with Crippen LogP contribution in [0.3, 0.4) is 0 Å². The number of aliphatic hydroxyl groups is 1. The van der Waals surface area contributed by atoms with Crippen molar-refractivity contribution >= 4 is 62.1 Å². The molecule has 9 nitrogen and oxygen atoms in total. The van der Waals surface area contributed by atoms with E-state index in [4.69, 9.17) is 16.3 Å². The van der Waals surface area contributed by atoms with E-state index in [0.29, 0.717) is 48.2 Å². The number of hydrogen-bond donors (Lipinski definition) is 3. The topological polar surface area (TPSA) is 121 Å². The second-order valence-electron chi connectivity index (χ2n) is 9.85. The van der Waals surface area contributed by atoms with Crippen molar-refractivity contribution < 1.29 is 41.8 Å². The van der Waals surface area contributed by atoms with Crippen molar-refractivity contribution in [3.63, 3.8) is 0 Å². The monoisotopic (exact) mass is 650 g/mol. The highest BCUT2D eigenvalue weighted by atomic mass is 35.5. The summed E-state index contributed by atoms with van der Waals surface area (Å²) in [5, 5.41) is 15.2. The van der Waals surface area contributed by atoms with E-state index in [9.17, 15) is 37.1 Å². The number of ether oxygens (including phenoxy) is 1. The number of hydrogen-bond acceptors (Lipinski definition) is 7. The van der Waals surface area contributed by atoms with Crippen LogP contribution in [-0.2, 0) is 6.18 Å². The molecule has 3 heterocycles. The van der Waals surface area contributed by atoms with Crippen molar-refractivity contribution in [3.8, 4) is 5.75 Å². The maximum absolute atomic E-state index is 13.8. The van der Waals surface area contributed by atoms with Crippen molar-refractivity contribution in [1.29, 1.82) is 0 Å². The molecular formula is C29H23ClF4N4O5S. The quantitative estimate of drug-likeness (QED) is 0.168. The van der Waals surface area contributed by atoms with Gasteiger partial charge in [0.25, 0.3) is 17.7 Å². The van der Waals surface area contributed by atoms with Crippen molar-refractivity contribution in [3.05, 3.63) is 81.2 Å². The summed E-state index contributed by atoms with van der Waals surface area (Å²) in [6.07, 6.45) is -3.30. The van der Waals surface area contributed by atoms with Crippen LogP contribution in [0, 0.1) is 5.82 Å². The lowest BCUT2D eigenvalue weighted by Crippen LogP contribution is -2.40. The first-order chi connectivity index (χ1) is 20.8. The highest BCUT2D eigenvalue weighted by molar-refractivity contribution is 7.21. The molecule has 44 heavy (non-hydrogen) atoms. The van der Waals surface area contributed by atoms with Gasteiger partial charge in [-0.05, 0) is 55.3 Å². The molecule has 1 aliphatic heterocycles. The molecule has 0 atom stereocenters. The first-order valence-electron chi connectivity index (χ1n) is 13.1. The maximum atomic E-state index is 13.8. The fourth-order valence-corrected chi connectivity index (χ4v) is 6.00. The van der Waals surface area contributed by atoms with Crippen molar-refractivity contribution in [2.24, 2.45) is 0 Å². The molecule has 15 heteroatoms. The molecule has 230 valence electrons. The molecule has 4 aromatic rings. The van der Waals surface area contributed by atoms with Crippen LogP contribution in [0.5, 0.6) is 5.75 Å². The number of benzene rings is 2. The molecule has 3 amide bonds. The number of thiophene rings is 1. The van der Waals surface area contributed by atoms with Gasteiger partial charge in [-0.2, -0.15) is 13.2 Å². The van der Waals surface area contributed by atoms with Crippen molar-refractivity contribution in [2.45, 2.75) is 25.1 Å². The first-order valence-corrected chi connectivity index (χ1v) is 14.3. The third-order valence-electron chi connectivity index (χ3n) is 6.96. The number of anilines is 2. The number of halogens is 5. The lowest BCUT2D eigenvalue weighted by atomic mass is 10.0. The number of nitrogens with zero attached hydrogens (tertiary/aromatic N) is 2. The number of alkyl halides is 3. The minimum atomic E-state index is -4.99. The average Bonchev–Trinajstić information content (AvgIpc) is 3.34. The van der Waals surface area contributed by atoms with E-state index in [-0.39, 0.29) is 44.2 Å². The Morgan fingerprint density at radius 1 is 1.07 bits per heavy atom. The molecule has 1 fully saturated rings. The molecule has 0 spiro atoms. The third-order valence-corrected chi connectivity index (χ3v) is 8.32. The van der Waals surface area contributed by atoms with Crippen LogP contribution in [0.2, 0.25) is 5.15 Å². The van der Waals surface area contributed by atoms with E-state index in [1.165, 1.54) is 37.6 Å². The van der Waals surface area contributed by atoms with Crippen LogP contribution in [-0.4, -0.2) is 59.0 Å². The normalized spacial score (nSPS) is 14.0. The minimum Gasteiger partial charge on any atom is -0.496 e. The highest BCUT2D eigenvalue weighted by Crippen LogP contribution is 2.38. The van der Waals surface area contributed by atoms with Crippen LogP contribution < -0.4 is 15.4 Å². The molecule has 1 saturated heterocycles. The van der Waals surface area contributed by atoms with Gasteiger partial charge >= 0.3 is 6.18 Å². The summed E-state index contributed by atoms with van der Waals surface area (Å²) in [6.45, 7) is 0.696. The summed E-state index contributed by atoms with van der Waals surface area (Å²) in [6, 6.07) is 7.78. The maximum Gasteiger partial charge on any atom is 0.419 e. The summed E-state index contributed by atoms with van der Waals surface area (Å²) in [4.78, 5) is 45.6. The molecule has 0 radical (unpaired) electrons. The molecule has 2 aromatic heterocycles. The van der Waals surface area contributed by atoms with E-state index in [2.05, 4.69) is 15.6 Å². The van der Waals surface area contributed by atoms with E-state index < -0.39 is 35.5 Å². The second-order valence-corrected chi connectivity index (χ2v) is 11.3. The Morgan fingerprint density at radius 3 is 2.48 bits per heavy atom. The fourth-order valence-electron chi connectivity index (χ4n) is 4.71. The standard InChI is InChI=1S/C29H23ClF4N4O5S/c1-43-21-5-2-14(28(42)38-8-6-16(39)7-9-38)10-17(21)26(40)37-24-18-13-35-23(30)12-22(18)44-25(24)27(41)36-15-3-4-20(31)19(11-15)29(32,33)34/h2-5,10-13,16,39H,6-9H2,1H3,(H,36,41)(H,37,40). The molecule has 0 aliphatic carbocycles.